The number of nitrogens with one attached hydrogen (secondary N) is 2. The third-order valence-electron chi connectivity index (χ3n) is 7.54. The number of aliphatic hydroxyl groups is 1. The van der Waals surface area contributed by atoms with E-state index < -0.39 is 35.7 Å². The molecule has 0 bridgehead atoms. The normalized spacial score (nSPS) is 19.9. The Morgan fingerprint density at radius 1 is 1.20 bits per heavy atom. The molecule has 1 aromatic carbocycles. The fourth-order valence-electron chi connectivity index (χ4n) is 5.19. The number of rotatable bonds is 18. The molecule has 1 aliphatic carbocycles. The Bertz CT molecular complexity index is 956. The van der Waals surface area contributed by atoms with Crippen LogP contribution in [0.5, 0.6) is 0 Å². The Labute approximate surface area is 238 Å². The molecule has 1 saturated carbocycles. The molecule has 0 spiro atoms. The highest BCUT2D eigenvalue weighted by Gasteiger charge is 2.32. The van der Waals surface area contributed by atoms with Crippen molar-refractivity contribution in [1.82, 2.24) is 15.5 Å². The van der Waals surface area contributed by atoms with E-state index in [1.807, 2.05) is 6.92 Å². The van der Waals surface area contributed by atoms with Crippen molar-refractivity contribution >= 4 is 11.8 Å². The number of halogens is 2. The third-order valence-corrected chi connectivity index (χ3v) is 7.54. The summed E-state index contributed by atoms with van der Waals surface area (Å²) in [5, 5.41) is 17.4. The zero-order chi connectivity index (χ0) is 29.7. The van der Waals surface area contributed by atoms with Crippen molar-refractivity contribution in [2.24, 2.45) is 5.92 Å². The first-order valence-electron chi connectivity index (χ1n) is 14.4. The van der Waals surface area contributed by atoms with Crippen molar-refractivity contribution in [2.45, 2.75) is 95.5 Å². The van der Waals surface area contributed by atoms with E-state index in [4.69, 9.17) is 4.74 Å². The number of benzene rings is 1. The zero-order valence-corrected chi connectivity index (χ0v) is 24.2. The predicted molar refractivity (Wildman–Crippen MR) is 154 cm³/mol. The largest absolute Gasteiger partial charge is 0.390 e. The lowest BCUT2D eigenvalue weighted by atomic mass is 9.98. The van der Waals surface area contributed by atoms with Crippen LogP contribution in [0.1, 0.15) is 64.4 Å². The molecule has 1 aromatic rings. The number of ether oxygens (including phenoxy) is 1. The van der Waals surface area contributed by atoms with E-state index in [2.05, 4.69) is 30.7 Å². The molecule has 0 aromatic heterocycles. The van der Waals surface area contributed by atoms with Crippen LogP contribution in [-0.2, 0) is 20.7 Å². The predicted octanol–water partition coefficient (Wildman–Crippen LogP) is 4.30. The molecule has 0 saturated heterocycles. The van der Waals surface area contributed by atoms with Gasteiger partial charge < -0.3 is 25.4 Å². The molecule has 2 rings (SSSR count). The van der Waals surface area contributed by atoms with Gasteiger partial charge in [-0.05, 0) is 56.2 Å². The van der Waals surface area contributed by atoms with E-state index in [0.29, 0.717) is 12.2 Å². The number of carbonyl (C=O) groups is 2. The first kappa shape index (κ1) is 33.6. The second-order valence-electron chi connectivity index (χ2n) is 10.9. The van der Waals surface area contributed by atoms with E-state index in [0.717, 1.165) is 44.6 Å². The fourth-order valence-corrected chi connectivity index (χ4v) is 5.19. The first-order chi connectivity index (χ1) is 19.1. The van der Waals surface area contributed by atoms with Crippen LogP contribution in [0, 0.1) is 17.6 Å². The molecule has 1 fully saturated rings. The monoisotopic (exact) mass is 563 g/mol. The van der Waals surface area contributed by atoms with Crippen molar-refractivity contribution in [3.63, 3.8) is 0 Å². The topological polar surface area (TPSA) is 90.9 Å². The quantitative estimate of drug-likeness (QED) is 0.232. The van der Waals surface area contributed by atoms with Crippen LogP contribution in [0.15, 0.2) is 43.5 Å². The number of nitrogens with zero attached hydrogens (tertiary/aromatic N) is 1. The minimum atomic E-state index is -1.06. The lowest BCUT2D eigenvalue weighted by Crippen LogP contribution is -2.55. The van der Waals surface area contributed by atoms with Gasteiger partial charge in [-0.3, -0.25) is 9.59 Å². The Balaban J connectivity index is 2.15. The summed E-state index contributed by atoms with van der Waals surface area (Å²) in [7, 11) is 1.60. The molecular formula is C31H47F2N3O4. The summed E-state index contributed by atoms with van der Waals surface area (Å²) in [4.78, 5) is 28.0. The maximum Gasteiger partial charge on any atom is 0.243 e. The summed E-state index contributed by atoms with van der Waals surface area (Å²) in [6, 6.07) is 1.59. The van der Waals surface area contributed by atoms with Gasteiger partial charge in [0.2, 0.25) is 11.8 Å². The molecule has 0 aliphatic heterocycles. The smallest absolute Gasteiger partial charge is 0.243 e. The summed E-state index contributed by atoms with van der Waals surface area (Å²) in [6.45, 7) is 12.0. The summed E-state index contributed by atoms with van der Waals surface area (Å²) in [5.74, 6) is -2.31. The van der Waals surface area contributed by atoms with Crippen LogP contribution in [0.25, 0.3) is 0 Å². The SMILES string of the molecule is C=CCO[C@@H]1CC[C@H](NC[C@H](O)[C@H](Cc2cc(F)cc(F)c2)NC(=O)[C@H](CC=C)N(C)C(=O)[C@@H](C)CCCC)C1. The number of carbonyl (C=O) groups excluding carboxylic acids is 2. The molecular weight excluding hydrogens is 516 g/mol. The zero-order valence-electron chi connectivity index (χ0n) is 24.2. The van der Waals surface area contributed by atoms with E-state index in [1.54, 1.807) is 19.2 Å². The minimum Gasteiger partial charge on any atom is -0.390 e. The number of unbranched alkanes of at least 4 members (excludes halogenated alkanes) is 1. The third kappa shape index (κ3) is 10.7. The maximum absolute atomic E-state index is 13.9. The highest BCUT2D eigenvalue weighted by atomic mass is 19.1. The second kappa shape index (κ2) is 17.3. The van der Waals surface area contributed by atoms with Crippen LogP contribution in [0.2, 0.25) is 0 Å². The molecule has 3 N–H and O–H groups in total. The summed E-state index contributed by atoms with van der Waals surface area (Å²) >= 11 is 0. The lowest BCUT2D eigenvalue weighted by molar-refractivity contribution is -0.142. The minimum absolute atomic E-state index is 0.00434. The van der Waals surface area contributed by atoms with Crippen molar-refractivity contribution in [3.05, 3.63) is 60.7 Å². The van der Waals surface area contributed by atoms with Gasteiger partial charge in [0.25, 0.3) is 0 Å². The van der Waals surface area contributed by atoms with E-state index in [1.165, 1.54) is 17.0 Å². The van der Waals surface area contributed by atoms with Gasteiger partial charge in [0.15, 0.2) is 0 Å². The molecule has 0 radical (unpaired) electrons. The number of aliphatic hydroxyl groups excluding tert-OH is 1. The van der Waals surface area contributed by atoms with Gasteiger partial charge in [0.1, 0.15) is 17.7 Å². The van der Waals surface area contributed by atoms with Crippen molar-refractivity contribution in [1.29, 1.82) is 0 Å². The number of hydrogen-bond acceptors (Lipinski definition) is 5. The van der Waals surface area contributed by atoms with Crippen LogP contribution in [0.3, 0.4) is 0 Å². The fraction of sp³-hybridized carbons (Fsp3) is 0.613. The number of hydrogen-bond donors (Lipinski definition) is 3. The van der Waals surface area contributed by atoms with Crippen LogP contribution < -0.4 is 10.6 Å². The Hall–Kier alpha value is -2.62. The van der Waals surface area contributed by atoms with Gasteiger partial charge in [0, 0.05) is 31.6 Å². The Kier molecular flexibility index (Phi) is 14.5. The van der Waals surface area contributed by atoms with Crippen molar-refractivity contribution in [2.75, 3.05) is 20.2 Å². The Morgan fingerprint density at radius 3 is 2.52 bits per heavy atom. The molecule has 1 aliphatic rings. The van der Waals surface area contributed by atoms with Crippen molar-refractivity contribution < 1.29 is 28.2 Å². The highest BCUT2D eigenvalue weighted by Crippen LogP contribution is 2.22. The average molecular weight is 564 g/mol. The lowest BCUT2D eigenvalue weighted by Gasteiger charge is -2.32. The number of likely N-dealkylation sites (N-methyl/N-ethyl adjacent to an activating group) is 1. The number of amides is 2. The summed E-state index contributed by atoms with van der Waals surface area (Å²) < 4.78 is 33.6. The second-order valence-corrected chi connectivity index (χ2v) is 10.9. The van der Waals surface area contributed by atoms with E-state index in [-0.39, 0.29) is 43.4 Å². The van der Waals surface area contributed by atoms with Gasteiger partial charge >= 0.3 is 0 Å². The van der Waals surface area contributed by atoms with Gasteiger partial charge in [0.05, 0.1) is 24.9 Å². The molecule has 2 amide bonds. The van der Waals surface area contributed by atoms with E-state index in [9.17, 15) is 23.5 Å². The highest BCUT2D eigenvalue weighted by molar-refractivity contribution is 5.88. The summed E-state index contributed by atoms with van der Waals surface area (Å²) in [5.41, 5.74) is 0.304. The molecule has 9 heteroatoms. The van der Waals surface area contributed by atoms with Gasteiger partial charge in [-0.15, -0.1) is 13.2 Å². The van der Waals surface area contributed by atoms with Gasteiger partial charge in [-0.25, -0.2) is 8.78 Å². The summed E-state index contributed by atoms with van der Waals surface area (Å²) in [6.07, 6.45) is 7.73. The van der Waals surface area contributed by atoms with Crippen molar-refractivity contribution in [3.8, 4) is 0 Å². The standard InChI is InChI=1S/C31H47F2N3O4/c1-6-9-11-21(4)31(39)36(5)28(10-7-2)30(38)35-27(17-22-15-23(32)18-24(33)16-22)29(37)20-34-25-12-13-26(19-25)40-14-8-3/h7-8,15-16,18,21,25-29,34,37H,2-3,6,9-14,17,19-20H2,1,4-5H3,(H,35,38)/t21-,25-,26+,27-,28-,29-/m0/s1. The van der Waals surface area contributed by atoms with Gasteiger partial charge in [-0.1, -0.05) is 38.8 Å². The molecule has 0 heterocycles. The Morgan fingerprint density at radius 2 is 1.90 bits per heavy atom. The first-order valence-corrected chi connectivity index (χ1v) is 14.4. The molecule has 6 atom stereocenters. The van der Waals surface area contributed by atoms with Crippen LogP contribution >= 0.6 is 0 Å². The molecule has 40 heavy (non-hydrogen) atoms. The molecule has 7 nitrogen and oxygen atoms in total. The van der Waals surface area contributed by atoms with E-state index >= 15 is 0 Å². The molecule has 224 valence electrons. The maximum atomic E-state index is 13.9. The van der Waals surface area contributed by atoms with Crippen LogP contribution in [-0.4, -0.2) is 72.4 Å². The van der Waals surface area contributed by atoms with Crippen LogP contribution in [0.4, 0.5) is 8.78 Å². The average Bonchev–Trinajstić information content (AvgIpc) is 3.38. The molecule has 0 unspecified atom stereocenters. The van der Waals surface area contributed by atoms with Gasteiger partial charge in [-0.2, -0.15) is 0 Å².